The van der Waals surface area contributed by atoms with Crippen LogP contribution in [-0.4, -0.2) is 56.7 Å². The Balaban J connectivity index is 1.43. The first-order valence-corrected chi connectivity index (χ1v) is 9.12. The van der Waals surface area contributed by atoms with Crippen molar-refractivity contribution in [2.45, 2.75) is 6.42 Å². The van der Waals surface area contributed by atoms with Crippen LogP contribution in [0.15, 0.2) is 48.5 Å². The van der Waals surface area contributed by atoms with Crippen molar-refractivity contribution in [1.82, 2.24) is 4.90 Å². The minimum atomic E-state index is -0.455. The lowest BCUT2D eigenvalue weighted by Crippen LogP contribution is -2.50. The van der Waals surface area contributed by atoms with Crippen LogP contribution in [0.1, 0.15) is 5.56 Å². The number of carbonyl (C=O) groups is 2. The van der Waals surface area contributed by atoms with E-state index >= 15 is 0 Å². The number of esters is 1. The van der Waals surface area contributed by atoms with Gasteiger partial charge in [0, 0.05) is 26.2 Å². The van der Waals surface area contributed by atoms with E-state index in [0.29, 0.717) is 37.6 Å². The molecule has 28 heavy (non-hydrogen) atoms. The average Bonchev–Trinajstić information content (AvgIpc) is 2.73. The van der Waals surface area contributed by atoms with Crippen LogP contribution in [0.2, 0.25) is 0 Å². The topological polar surface area (TPSA) is 59.1 Å². The Kier molecular flexibility index (Phi) is 6.47. The number of nitrogens with zero attached hydrogens (tertiary/aromatic N) is 2. The molecule has 2 aromatic rings. The van der Waals surface area contributed by atoms with E-state index in [-0.39, 0.29) is 24.8 Å². The Labute approximate surface area is 163 Å². The maximum atomic E-state index is 13.9. The molecule has 0 aromatic heterocycles. The summed E-state index contributed by atoms with van der Waals surface area (Å²) < 4.78 is 24.1. The molecule has 0 atom stereocenters. The van der Waals surface area contributed by atoms with Gasteiger partial charge in [0.25, 0.3) is 5.91 Å². The molecule has 1 fully saturated rings. The van der Waals surface area contributed by atoms with Gasteiger partial charge in [-0.25, -0.2) is 4.39 Å². The second-order valence-electron chi connectivity index (χ2n) is 6.50. The van der Waals surface area contributed by atoms with Crippen LogP contribution in [0.5, 0.6) is 5.75 Å². The number of para-hydroxylation sites is 1. The zero-order chi connectivity index (χ0) is 19.9. The van der Waals surface area contributed by atoms with Gasteiger partial charge >= 0.3 is 5.97 Å². The fraction of sp³-hybridized carbons (Fsp3) is 0.333. The maximum Gasteiger partial charge on any atom is 0.310 e. The number of anilines is 1. The van der Waals surface area contributed by atoms with Crippen LogP contribution in [0.25, 0.3) is 0 Å². The summed E-state index contributed by atoms with van der Waals surface area (Å²) in [7, 11) is 1.57. The molecule has 0 N–H and O–H groups in total. The Morgan fingerprint density at radius 1 is 1.00 bits per heavy atom. The standard InChI is InChI=1S/C21H23FN2O4/c1-27-17-8-6-16(7-9-17)14-21(26)28-15-20(25)24-12-10-23(11-13-24)19-5-3-2-4-18(19)22/h2-9H,10-15H2,1H3. The van der Waals surface area contributed by atoms with Gasteiger partial charge in [-0.15, -0.1) is 0 Å². The maximum absolute atomic E-state index is 13.9. The van der Waals surface area contributed by atoms with Crippen LogP contribution in [0.3, 0.4) is 0 Å². The van der Waals surface area contributed by atoms with Crippen molar-refractivity contribution in [3.05, 3.63) is 59.9 Å². The zero-order valence-electron chi connectivity index (χ0n) is 15.8. The normalized spacial score (nSPS) is 13.9. The van der Waals surface area contributed by atoms with E-state index in [1.165, 1.54) is 6.07 Å². The van der Waals surface area contributed by atoms with Crippen LogP contribution in [0.4, 0.5) is 10.1 Å². The Hall–Kier alpha value is -3.09. The average molecular weight is 386 g/mol. The number of ether oxygens (including phenoxy) is 2. The van der Waals surface area contributed by atoms with Gasteiger partial charge in [0.2, 0.25) is 0 Å². The molecule has 1 saturated heterocycles. The minimum absolute atomic E-state index is 0.0956. The summed E-state index contributed by atoms with van der Waals surface area (Å²) in [5.74, 6) is -0.253. The third kappa shape index (κ3) is 5.00. The van der Waals surface area contributed by atoms with E-state index in [1.54, 1.807) is 54.5 Å². The molecule has 0 spiro atoms. The molecule has 1 aliphatic rings. The summed E-state index contributed by atoms with van der Waals surface area (Å²) in [6.45, 7) is 1.71. The number of rotatable bonds is 6. The molecule has 1 aliphatic heterocycles. The van der Waals surface area contributed by atoms with Gasteiger partial charge in [0.15, 0.2) is 6.61 Å². The van der Waals surface area contributed by atoms with Crippen LogP contribution in [0, 0.1) is 5.82 Å². The van der Waals surface area contributed by atoms with Crippen molar-refractivity contribution < 1.29 is 23.5 Å². The largest absolute Gasteiger partial charge is 0.497 e. The smallest absolute Gasteiger partial charge is 0.310 e. The van der Waals surface area contributed by atoms with Gasteiger partial charge in [0.1, 0.15) is 11.6 Å². The molecule has 3 rings (SSSR count). The molecule has 0 saturated carbocycles. The van der Waals surface area contributed by atoms with Gasteiger partial charge in [0.05, 0.1) is 19.2 Å². The summed E-state index contributed by atoms with van der Waals surface area (Å²) in [6, 6.07) is 13.7. The number of hydrogen-bond acceptors (Lipinski definition) is 5. The lowest BCUT2D eigenvalue weighted by Gasteiger charge is -2.36. The monoisotopic (exact) mass is 386 g/mol. The summed E-state index contributed by atoms with van der Waals surface area (Å²) in [6.07, 6.45) is 0.0956. The van der Waals surface area contributed by atoms with E-state index in [2.05, 4.69) is 0 Å². The number of carbonyl (C=O) groups excluding carboxylic acids is 2. The highest BCUT2D eigenvalue weighted by Gasteiger charge is 2.23. The van der Waals surface area contributed by atoms with Crippen LogP contribution >= 0.6 is 0 Å². The highest BCUT2D eigenvalue weighted by Crippen LogP contribution is 2.20. The van der Waals surface area contributed by atoms with Crippen molar-refractivity contribution in [3.63, 3.8) is 0 Å². The van der Waals surface area contributed by atoms with Gasteiger partial charge in [-0.1, -0.05) is 24.3 Å². The molecule has 1 heterocycles. The number of piperazine rings is 1. The third-order valence-electron chi connectivity index (χ3n) is 4.69. The lowest BCUT2D eigenvalue weighted by molar-refractivity contribution is -0.151. The molecule has 1 amide bonds. The molecule has 0 unspecified atom stereocenters. The minimum Gasteiger partial charge on any atom is -0.497 e. The molecule has 7 heteroatoms. The van der Waals surface area contributed by atoms with Crippen molar-refractivity contribution >= 4 is 17.6 Å². The van der Waals surface area contributed by atoms with Crippen molar-refractivity contribution in [2.24, 2.45) is 0 Å². The van der Waals surface area contributed by atoms with Gasteiger partial charge in [-0.3, -0.25) is 9.59 Å². The SMILES string of the molecule is COc1ccc(CC(=O)OCC(=O)N2CCN(c3ccccc3F)CC2)cc1. The summed E-state index contributed by atoms with van der Waals surface area (Å²) in [4.78, 5) is 27.8. The first-order chi connectivity index (χ1) is 13.6. The molecular formula is C21H23FN2O4. The second kappa shape index (κ2) is 9.21. The van der Waals surface area contributed by atoms with Gasteiger partial charge in [-0.2, -0.15) is 0 Å². The molecule has 0 bridgehead atoms. The Morgan fingerprint density at radius 3 is 2.32 bits per heavy atom. The predicted octanol–water partition coefficient (Wildman–Crippen LogP) is 2.27. The highest BCUT2D eigenvalue weighted by molar-refractivity contribution is 5.81. The number of benzene rings is 2. The Bertz CT molecular complexity index is 817. The summed E-state index contributed by atoms with van der Waals surface area (Å²) in [5, 5.41) is 0. The number of halogens is 1. The first-order valence-electron chi connectivity index (χ1n) is 9.12. The molecule has 0 aliphatic carbocycles. The Morgan fingerprint density at radius 2 is 1.68 bits per heavy atom. The van der Waals surface area contributed by atoms with E-state index in [4.69, 9.17) is 9.47 Å². The quantitative estimate of drug-likeness (QED) is 0.713. The van der Waals surface area contributed by atoms with E-state index in [9.17, 15) is 14.0 Å². The van der Waals surface area contributed by atoms with Crippen LogP contribution in [-0.2, 0) is 20.7 Å². The van der Waals surface area contributed by atoms with Crippen LogP contribution < -0.4 is 9.64 Å². The fourth-order valence-corrected chi connectivity index (χ4v) is 3.10. The van der Waals surface area contributed by atoms with Gasteiger partial charge < -0.3 is 19.3 Å². The number of methoxy groups -OCH3 is 1. The molecule has 148 valence electrons. The van der Waals surface area contributed by atoms with E-state index in [0.717, 1.165) is 5.56 Å². The summed E-state index contributed by atoms with van der Waals surface area (Å²) in [5.41, 5.74) is 1.33. The second-order valence-corrected chi connectivity index (χ2v) is 6.50. The van der Waals surface area contributed by atoms with Crippen molar-refractivity contribution in [2.75, 3.05) is 44.8 Å². The van der Waals surface area contributed by atoms with Crippen molar-refractivity contribution in [1.29, 1.82) is 0 Å². The zero-order valence-corrected chi connectivity index (χ0v) is 15.8. The van der Waals surface area contributed by atoms with E-state index in [1.807, 2.05) is 4.90 Å². The number of hydrogen-bond donors (Lipinski definition) is 0. The molecule has 2 aromatic carbocycles. The summed E-state index contributed by atoms with van der Waals surface area (Å²) >= 11 is 0. The number of amides is 1. The van der Waals surface area contributed by atoms with Crippen molar-refractivity contribution in [3.8, 4) is 5.75 Å². The molecular weight excluding hydrogens is 363 g/mol. The fourth-order valence-electron chi connectivity index (χ4n) is 3.10. The van der Waals surface area contributed by atoms with Gasteiger partial charge in [-0.05, 0) is 29.8 Å². The van der Waals surface area contributed by atoms with E-state index < -0.39 is 5.97 Å². The lowest BCUT2D eigenvalue weighted by atomic mass is 10.1. The first kappa shape index (κ1) is 19.7. The third-order valence-corrected chi connectivity index (χ3v) is 4.69. The molecule has 0 radical (unpaired) electrons. The predicted molar refractivity (Wildman–Crippen MR) is 103 cm³/mol. The highest BCUT2D eigenvalue weighted by atomic mass is 19.1. The molecule has 6 nitrogen and oxygen atoms in total.